The van der Waals surface area contributed by atoms with E-state index in [0.29, 0.717) is 42.9 Å². The van der Waals surface area contributed by atoms with Gasteiger partial charge in [0.15, 0.2) is 34.0 Å². The molecular formula is C123H144N5O10P5. The number of benzene rings is 14. The zero-order valence-electron chi connectivity index (χ0n) is 87.4. The number of ether oxygens (including phenoxy) is 10. The van der Waals surface area contributed by atoms with Gasteiger partial charge in [-0.15, -0.1) is 0 Å². The van der Waals surface area contributed by atoms with E-state index in [4.69, 9.17) is 47.4 Å². The Balaban J connectivity index is 0.000000184. The molecule has 0 heterocycles. The van der Waals surface area contributed by atoms with Crippen molar-refractivity contribution in [3.63, 3.8) is 0 Å². The Hall–Kier alpha value is -11.6. The van der Waals surface area contributed by atoms with Crippen molar-refractivity contribution < 1.29 is 47.4 Å². The summed E-state index contributed by atoms with van der Waals surface area (Å²) in [6.45, 7) is 27.8. The molecule has 0 saturated carbocycles. The lowest BCUT2D eigenvalue weighted by Gasteiger charge is -2.29. The highest BCUT2D eigenvalue weighted by Gasteiger charge is 2.28. The van der Waals surface area contributed by atoms with Crippen molar-refractivity contribution in [1.82, 2.24) is 0 Å². The molecule has 746 valence electrons. The van der Waals surface area contributed by atoms with Crippen LogP contribution in [0.2, 0.25) is 0 Å². The summed E-state index contributed by atoms with van der Waals surface area (Å²) in [6.07, 6.45) is 13.0. The summed E-state index contributed by atoms with van der Waals surface area (Å²) >= 11 is 0. The molecular weight excluding hydrogens is 1860 g/mol. The van der Waals surface area contributed by atoms with E-state index in [1.54, 1.807) is 49.6 Å². The van der Waals surface area contributed by atoms with Crippen LogP contribution in [0.4, 0.5) is 0 Å². The lowest BCUT2D eigenvalue weighted by Crippen LogP contribution is -2.24. The molecule has 0 bridgehead atoms. The van der Waals surface area contributed by atoms with E-state index in [1.165, 1.54) is 136 Å². The average Bonchev–Trinajstić information content (AvgIpc) is 0.802. The third-order valence-electron chi connectivity index (χ3n) is 22.8. The van der Waals surface area contributed by atoms with Crippen LogP contribution in [0.15, 0.2) is 328 Å². The van der Waals surface area contributed by atoms with E-state index >= 15 is 0 Å². The Morgan fingerprint density at radius 2 is 0.566 bits per heavy atom. The average molecular weight is 2010 g/mol. The third kappa shape index (κ3) is 36.3. The van der Waals surface area contributed by atoms with Crippen molar-refractivity contribution in [3.8, 4) is 28.7 Å². The summed E-state index contributed by atoms with van der Waals surface area (Å²) in [4.78, 5) is 21.1. The minimum atomic E-state index is -0.0372. The lowest BCUT2D eigenvalue weighted by molar-refractivity contribution is 0.0505. The number of nitrogens with zero attached hydrogens (tertiary/aromatic N) is 5. The molecule has 0 radical (unpaired) electrons. The molecule has 5 unspecified atom stereocenters. The second kappa shape index (κ2) is 59.0. The number of hydrogen-bond acceptors (Lipinski definition) is 15. The highest BCUT2D eigenvalue weighted by atomic mass is 31.1. The Morgan fingerprint density at radius 3 is 0.993 bits per heavy atom. The van der Waals surface area contributed by atoms with E-state index in [2.05, 4.69) is 387 Å². The van der Waals surface area contributed by atoms with Gasteiger partial charge in [-0.1, -0.05) is 377 Å². The summed E-state index contributed by atoms with van der Waals surface area (Å²) < 4.78 is 56.1. The van der Waals surface area contributed by atoms with Gasteiger partial charge in [-0.2, -0.15) is 0 Å². The first-order valence-electron chi connectivity index (χ1n) is 48.0. The molecule has 20 heteroatoms. The van der Waals surface area contributed by atoms with Crippen molar-refractivity contribution in [3.05, 3.63) is 409 Å². The Kier molecular flexibility index (Phi) is 46.7. The molecule has 0 amide bonds. The van der Waals surface area contributed by atoms with Crippen LogP contribution in [-0.4, -0.2) is 136 Å². The maximum Gasteiger partial charge on any atom is 0.188 e. The predicted molar refractivity (Wildman–Crippen MR) is 620 cm³/mol. The minimum absolute atomic E-state index is 0.0372. The van der Waals surface area contributed by atoms with Crippen LogP contribution in [0.25, 0.3) is 0 Å². The van der Waals surface area contributed by atoms with Crippen molar-refractivity contribution in [1.29, 1.82) is 0 Å². The molecule has 0 aliphatic heterocycles. The molecule has 0 aromatic heterocycles. The topological polar surface area (TPSA) is 154 Å². The Morgan fingerprint density at radius 1 is 0.238 bits per heavy atom. The summed E-state index contributed by atoms with van der Waals surface area (Å²) in [6, 6.07) is 107. The summed E-state index contributed by atoms with van der Waals surface area (Å²) in [7, 11) is 19.7. The summed E-state index contributed by atoms with van der Waals surface area (Å²) in [5.74, 6) is 4.59. The number of aryl methyl sites for hydroxylation is 3. The normalized spacial score (nSPS) is 12.0. The molecule has 14 aromatic rings. The van der Waals surface area contributed by atoms with Gasteiger partial charge < -0.3 is 47.4 Å². The zero-order valence-corrected chi connectivity index (χ0v) is 92.4. The van der Waals surface area contributed by atoms with Crippen molar-refractivity contribution >= 4 is 127 Å². The van der Waals surface area contributed by atoms with E-state index < -0.39 is 0 Å². The maximum atomic E-state index is 6.22. The van der Waals surface area contributed by atoms with Crippen molar-refractivity contribution in [2.45, 2.75) is 125 Å². The molecule has 0 aliphatic rings. The fraction of sp³-hybridized carbons (Fsp3) is 0.276. The van der Waals surface area contributed by atoms with E-state index in [9.17, 15) is 0 Å². The van der Waals surface area contributed by atoms with Gasteiger partial charge in [0.1, 0.15) is 28.7 Å². The fourth-order valence-electron chi connectivity index (χ4n) is 15.8. The van der Waals surface area contributed by atoms with Crippen molar-refractivity contribution in [2.24, 2.45) is 25.0 Å². The molecule has 0 saturated heterocycles. The number of para-hydroxylation sites is 1. The first-order chi connectivity index (χ1) is 69.1. The predicted octanol–water partition coefficient (Wildman–Crippen LogP) is 22.9. The molecule has 143 heavy (non-hydrogen) atoms. The number of aliphatic imine (C=N–C) groups is 5. The first kappa shape index (κ1) is 113. The molecule has 0 spiro atoms. The van der Waals surface area contributed by atoms with Crippen LogP contribution in [-0.2, 0) is 65.6 Å². The highest BCUT2D eigenvalue weighted by Crippen LogP contribution is 2.40. The SMILES string of the molecule is CN=Cc1cc(C)ccc1Pc1cc(C(C)(C)C)cc(C(C)(C)C)c1OCOC.CN=Cc1cc(C)ccc1Pc1cc(C(C)(C)C)cc(C)c1OCOC.CN=Cc1ccccc1Pc1cc(Cc2ccccc2)cc(Cc2ccccc2)c1OCOC.CN=Cc1ccccc1Pc1cc(Cc2ccccc2)ccc1OCOC.CN=Cc1ccccc1Pc1cccc(Cc2ccccc2)c1OCOC. The standard InChI is InChI=1S/C30H30NO2P.C25H36NO2P.2C23H24NO2P.C22H30NO2P/c1-31-21-26-15-9-10-16-28(26)34-29-20-25(17-23-11-5-3-6-12-23)19-27(30(29)33-22-32-2)18-24-13-7-4-8-14-24;1-17-10-11-21(18(12-17)15-26-8)29-22-14-19(24(2,3)4)13-20(25(5,6)7)23(22)28-16-27-9;1-24-16-20-11-6-7-13-21(20)27-22-14-8-12-19(23(22)26-17-25-2)15-18-9-4-3-5-10-18;1-24-16-20-10-6-7-11-22(20)27-23-15-19(12-13-21(23)26-17-25-2)14-18-8-4-3-5-9-18;1-15-8-9-19(17(10-15)13-23-6)26-20-12-18(22(3,4)5)11-16(2)21(20)25-14-24-7/h3-16,19-21,34H,17-18,22H2,1-2H3;10-15,29H,16H2,1-9H3;3-14,16,27H,15,17H2,1-2H3;3-13,15-16,27H,14,17H2,1-2H3;8-13,26H,14H2,1-7H3. The highest BCUT2D eigenvalue weighted by molar-refractivity contribution is 7.57. The third-order valence-corrected chi connectivity index (χ3v) is 29.7. The van der Waals surface area contributed by atoms with Gasteiger partial charge in [0.25, 0.3) is 0 Å². The molecule has 0 aliphatic carbocycles. The molecule has 15 nitrogen and oxygen atoms in total. The molecule has 0 fully saturated rings. The summed E-state index contributed by atoms with van der Waals surface area (Å²) in [5, 5.41) is 12.3. The van der Waals surface area contributed by atoms with E-state index in [-0.39, 0.29) is 50.2 Å². The minimum Gasteiger partial charge on any atom is -0.467 e. The van der Waals surface area contributed by atoms with E-state index in [0.717, 1.165) is 76.7 Å². The van der Waals surface area contributed by atoms with Crippen LogP contribution >= 0.6 is 42.9 Å². The van der Waals surface area contributed by atoms with Crippen LogP contribution < -0.4 is 76.7 Å². The molecule has 14 aromatic carbocycles. The fourth-order valence-corrected chi connectivity index (χ4v) is 22.4. The molecule has 0 N–H and O–H groups in total. The van der Waals surface area contributed by atoms with Crippen LogP contribution in [0.5, 0.6) is 28.7 Å². The zero-order chi connectivity index (χ0) is 103. The molecule has 5 atom stereocenters. The second-order valence-corrected chi connectivity index (χ2v) is 44.1. The molecule has 14 rings (SSSR count). The van der Waals surface area contributed by atoms with Gasteiger partial charge in [0.05, 0.1) is 0 Å². The maximum absolute atomic E-state index is 6.22. The first-order valence-corrected chi connectivity index (χ1v) is 53.0. The van der Waals surface area contributed by atoms with Crippen LogP contribution in [0.3, 0.4) is 0 Å². The Labute approximate surface area is 861 Å². The number of hydrogen-bond donors (Lipinski definition) is 0. The Bertz CT molecular complexity index is 6420. The van der Waals surface area contributed by atoms with Gasteiger partial charge in [0.2, 0.25) is 0 Å². The van der Waals surface area contributed by atoms with Gasteiger partial charge in [0, 0.05) is 158 Å². The number of methoxy groups -OCH3 is 5. The summed E-state index contributed by atoms with van der Waals surface area (Å²) in [5.41, 5.74) is 23.4. The lowest BCUT2D eigenvalue weighted by atomic mass is 9.80. The quantitative estimate of drug-likeness (QED) is 0.0207. The largest absolute Gasteiger partial charge is 0.467 e. The monoisotopic (exact) mass is 2010 g/mol. The van der Waals surface area contributed by atoms with Gasteiger partial charge in [-0.3, -0.25) is 25.0 Å². The van der Waals surface area contributed by atoms with Crippen LogP contribution in [0, 0.1) is 20.8 Å². The van der Waals surface area contributed by atoms with Crippen LogP contribution in [0.1, 0.15) is 168 Å². The van der Waals surface area contributed by atoms with Gasteiger partial charge >= 0.3 is 0 Å². The van der Waals surface area contributed by atoms with Gasteiger partial charge in [-0.25, -0.2) is 0 Å². The smallest absolute Gasteiger partial charge is 0.188 e. The number of rotatable bonds is 38. The van der Waals surface area contributed by atoms with Crippen molar-refractivity contribution in [2.75, 3.05) is 105 Å². The van der Waals surface area contributed by atoms with E-state index in [1.807, 2.05) is 76.5 Å². The van der Waals surface area contributed by atoms with Gasteiger partial charge in [-0.05, 0) is 197 Å². The second-order valence-electron chi connectivity index (χ2n) is 37.5.